The Bertz CT molecular complexity index is 408. The summed E-state index contributed by atoms with van der Waals surface area (Å²) in [6.07, 6.45) is 7.47. The number of aliphatic hydroxyl groups is 1. The lowest BCUT2D eigenvalue weighted by Gasteiger charge is -2.51. The van der Waals surface area contributed by atoms with Gasteiger partial charge in [0.15, 0.2) is 0 Å². The van der Waals surface area contributed by atoms with Gasteiger partial charge in [-0.25, -0.2) is 0 Å². The Balaban J connectivity index is 2.48. The van der Waals surface area contributed by atoms with Crippen LogP contribution >= 0.6 is 0 Å². The molecular weight excluding hydrogens is 232 g/mol. The predicted molar refractivity (Wildman–Crippen MR) is 81.9 cm³/mol. The maximum absolute atomic E-state index is 9.95. The zero-order chi connectivity index (χ0) is 14.4. The highest BCUT2D eigenvalue weighted by Crippen LogP contribution is 2.56. The average molecular weight is 262 g/mol. The van der Waals surface area contributed by atoms with Crippen molar-refractivity contribution < 1.29 is 5.11 Å². The van der Waals surface area contributed by atoms with Crippen molar-refractivity contribution in [3.63, 3.8) is 0 Å². The van der Waals surface area contributed by atoms with E-state index >= 15 is 0 Å². The Kier molecular flexibility index (Phi) is 3.72. The van der Waals surface area contributed by atoms with Gasteiger partial charge in [-0.05, 0) is 41.9 Å². The number of hydrogen-bond acceptors (Lipinski definition) is 1. The van der Waals surface area contributed by atoms with Gasteiger partial charge in [0, 0.05) is 0 Å². The summed E-state index contributed by atoms with van der Waals surface area (Å²) in [5.74, 6) is 1.26. The summed E-state index contributed by atoms with van der Waals surface area (Å²) < 4.78 is 0. The number of fused-ring (bicyclic) bond motifs is 1. The van der Waals surface area contributed by atoms with Gasteiger partial charge in [-0.3, -0.25) is 0 Å². The highest BCUT2D eigenvalue weighted by Gasteiger charge is 2.47. The van der Waals surface area contributed by atoms with Crippen LogP contribution in [0.25, 0.3) is 0 Å². The summed E-state index contributed by atoms with van der Waals surface area (Å²) in [5, 5.41) is 9.95. The molecule has 2 aliphatic rings. The minimum atomic E-state index is -0.128. The third-order valence-corrected chi connectivity index (χ3v) is 5.20. The predicted octanol–water partition coefficient (Wildman–Crippen LogP) is 4.72. The first-order valence-corrected chi connectivity index (χ1v) is 7.76. The number of hydrogen-bond donors (Lipinski definition) is 1. The second-order valence-corrected chi connectivity index (χ2v) is 8.10. The number of rotatable bonds is 1. The van der Waals surface area contributed by atoms with Crippen LogP contribution < -0.4 is 0 Å². The zero-order valence-electron chi connectivity index (χ0n) is 13.5. The Morgan fingerprint density at radius 1 is 1.26 bits per heavy atom. The molecule has 0 spiro atoms. The minimum absolute atomic E-state index is 0.128. The van der Waals surface area contributed by atoms with Crippen LogP contribution in [-0.2, 0) is 0 Å². The van der Waals surface area contributed by atoms with Gasteiger partial charge in [-0.2, -0.15) is 0 Å². The molecule has 1 saturated carbocycles. The molecule has 0 aromatic carbocycles. The van der Waals surface area contributed by atoms with Crippen LogP contribution in [0.1, 0.15) is 60.8 Å². The summed E-state index contributed by atoms with van der Waals surface area (Å²) in [7, 11) is 0. The van der Waals surface area contributed by atoms with E-state index < -0.39 is 0 Å². The molecule has 2 aliphatic carbocycles. The lowest BCUT2D eigenvalue weighted by molar-refractivity contribution is 0.0711. The van der Waals surface area contributed by atoms with Crippen molar-refractivity contribution in [2.75, 3.05) is 0 Å². The molecular formula is C18H30O. The van der Waals surface area contributed by atoms with Crippen molar-refractivity contribution in [1.82, 2.24) is 0 Å². The van der Waals surface area contributed by atoms with Gasteiger partial charge in [0.25, 0.3) is 0 Å². The molecule has 0 aliphatic heterocycles. The van der Waals surface area contributed by atoms with E-state index in [1.807, 2.05) is 0 Å². The normalized spacial score (nSPS) is 35.8. The van der Waals surface area contributed by atoms with Crippen LogP contribution in [0.2, 0.25) is 0 Å². The number of allylic oxidation sites excluding steroid dienone is 3. The molecule has 3 atom stereocenters. The maximum Gasteiger partial charge on any atom is 0.0578 e. The molecule has 0 aromatic heterocycles. The molecule has 0 radical (unpaired) electrons. The first-order valence-electron chi connectivity index (χ1n) is 7.76. The van der Waals surface area contributed by atoms with E-state index in [1.54, 1.807) is 5.57 Å². The first kappa shape index (κ1) is 14.8. The molecule has 1 N–H and O–H groups in total. The van der Waals surface area contributed by atoms with Crippen LogP contribution in [0.3, 0.4) is 0 Å². The zero-order valence-corrected chi connectivity index (χ0v) is 13.5. The molecule has 108 valence electrons. The fourth-order valence-electron chi connectivity index (χ4n) is 4.28. The minimum Gasteiger partial charge on any atom is -0.393 e. The smallest absolute Gasteiger partial charge is 0.0578 e. The van der Waals surface area contributed by atoms with Crippen LogP contribution in [0, 0.1) is 22.7 Å². The second-order valence-electron chi connectivity index (χ2n) is 8.10. The topological polar surface area (TPSA) is 20.2 Å². The fraction of sp³-hybridized carbons (Fsp3) is 0.778. The molecule has 1 heteroatoms. The Labute approximate surface area is 118 Å². The largest absolute Gasteiger partial charge is 0.393 e. The van der Waals surface area contributed by atoms with Crippen LogP contribution in [0.5, 0.6) is 0 Å². The molecule has 1 fully saturated rings. The summed E-state index contributed by atoms with van der Waals surface area (Å²) in [5.41, 5.74) is 3.55. The van der Waals surface area contributed by atoms with E-state index in [4.69, 9.17) is 0 Å². The SMILES string of the molecule is CC(C)C1C(C(C)(C)C)=CC=C2C[C@@H](O)CCC21C. The molecule has 0 aromatic rings. The van der Waals surface area contributed by atoms with Gasteiger partial charge < -0.3 is 5.11 Å². The van der Waals surface area contributed by atoms with Gasteiger partial charge >= 0.3 is 0 Å². The summed E-state index contributed by atoms with van der Waals surface area (Å²) >= 11 is 0. The van der Waals surface area contributed by atoms with Crippen LogP contribution in [0.15, 0.2) is 23.3 Å². The molecule has 1 nitrogen and oxygen atoms in total. The van der Waals surface area contributed by atoms with Crippen molar-refractivity contribution >= 4 is 0 Å². The standard InChI is InChI=1S/C18H30O/c1-12(2)16-15(17(3,4)5)8-7-13-11-14(19)9-10-18(13,16)6/h7-8,12,14,16,19H,9-11H2,1-6H3/t14-,16?,18?/m0/s1. The molecule has 2 unspecified atom stereocenters. The van der Waals surface area contributed by atoms with Gasteiger partial charge in [0.05, 0.1) is 6.10 Å². The highest BCUT2D eigenvalue weighted by atomic mass is 16.3. The van der Waals surface area contributed by atoms with E-state index in [0.717, 1.165) is 19.3 Å². The number of aliphatic hydroxyl groups excluding tert-OH is 1. The summed E-state index contributed by atoms with van der Waals surface area (Å²) in [6, 6.07) is 0. The monoisotopic (exact) mass is 262 g/mol. The molecule has 19 heavy (non-hydrogen) atoms. The van der Waals surface area contributed by atoms with Crippen molar-refractivity contribution in [2.24, 2.45) is 22.7 Å². The van der Waals surface area contributed by atoms with E-state index in [0.29, 0.717) is 11.8 Å². The van der Waals surface area contributed by atoms with Crippen LogP contribution in [-0.4, -0.2) is 11.2 Å². The van der Waals surface area contributed by atoms with Crippen molar-refractivity contribution in [3.8, 4) is 0 Å². The highest BCUT2D eigenvalue weighted by molar-refractivity contribution is 5.37. The van der Waals surface area contributed by atoms with Crippen molar-refractivity contribution in [2.45, 2.75) is 66.9 Å². The second kappa shape index (κ2) is 4.77. The quantitative estimate of drug-likeness (QED) is 0.725. The van der Waals surface area contributed by atoms with Gasteiger partial charge in [0.2, 0.25) is 0 Å². The summed E-state index contributed by atoms with van der Waals surface area (Å²) in [6.45, 7) is 14.1. The van der Waals surface area contributed by atoms with E-state index in [-0.39, 0.29) is 16.9 Å². The van der Waals surface area contributed by atoms with Crippen molar-refractivity contribution in [1.29, 1.82) is 0 Å². The molecule has 0 bridgehead atoms. The fourth-order valence-corrected chi connectivity index (χ4v) is 4.28. The van der Waals surface area contributed by atoms with E-state index in [9.17, 15) is 5.11 Å². The molecule has 2 rings (SSSR count). The van der Waals surface area contributed by atoms with Gasteiger partial charge in [0.1, 0.15) is 0 Å². The average Bonchev–Trinajstić information content (AvgIpc) is 2.26. The Morgan fingerprint density at radius 2 is 1.89 bits per heavy atom. The Morgan fingerprint density at radius 3 is 2.42 bits per heavy atom. The molecule has 0 saturated heterocycles. The van der Waals surface area contributed by atoms with Gasteiger partial charge in [-0.1, -0.05) is 64.8 Å². The summed E-state index contributed by atoms with van der Waals surface area (Å²) in [4.78, 5) is 0. The molecule has 0 heterocycles. The van der Waals surface area contributed by atoms with E-state index in [1.165, 1.54) is 5.57 Å². The lowest BCUT2D eigenvalue weighted by Crippen LogP contribution is -2.43. The maximum atomic E-state index is 9.95. The first-order chi connectivity index (χ1) is 8.66. The Hall–Kier alpha value is -0.560. The third kappa shape index (κ3) is 2.54. The van der Waals surface area contributed by atoms with E-state index in [2.05, 4.69) is 53.7 Å². The lowest BCUT2D eigenvalue weighted by atomic mass is 9.54. The molecule has 0 amide bonds. The van der Waals surface area contributed by atoms with Crippen LogP contribution in [0.4, 0.5) is 0 Å². The van der Waals surface area contributed by atoms with Crippen molar-refractivity contribution in [3.05, 3.63) is 23.3 Å². The van der Waals surface area contributed by atoms with Gasteiger partial charge in [-0.15, -0.1) is 0 Å². The third-order valence-electron chi connectivity index (χ3n) is 5.20.